The third kappa shape index (κ3) is 2.60. The molecule has 0 unspecified atom stereocenters. The van der Waals surface area contributed by atoms with Crippen molar-refractivity contribution in [2.45, 2.75) is 19.0 Å². The van der Waals surface area contributed by atoms with Crippen molar-refractivity contribution in [2.75, 3.05) is 12.0 Å². The number of ether oxygens (including phenoxy) is 1. The number of ketones is 1. The second kappa shape index (κ2) is 7.01. The molecule has 162 valence electrons. The van der Waals surface area contributed by atoms with Crippen LogP contribution in [-0.2, 0) is 14.4 Å². The zero-order valence-corrected chi connectivity index (χ0v) is 17.3. The fourth-order valence-electron chi connectivity index (χ4n) is 5.23. The highest BCUT2D eigenvalue weighted by Crippen LogP contribution is 2.54. The minimum atomic E-state index is -0.898. The molecule has 2 saturated heterocycles. The molecule has 0 aromatic heterocycles. The average Bonchev–Trinajstić information content (AvgIpc) is 3.26. The summed E-state index contributed by atoms with van der Waals surface area (Å²) >= 11 is 0. The Morgan fingerprint density at radius 2 is 1.81 bits per heavy atom. The number of non-ortho nitro benzene ring substituents is 1. The van der Waals surface area contributed by atoms with Gasteiger partial charge in [-0.3, -0.25) is 24.5 Å². The predicted octanol–water partition coefficient (Wildman–Crippen LogP) is 2.71. The van der Waals surface area contributed by atoms with Gasteiger partial charge >= 0.3 is 0 Å². The number of nitrogens with zero attached hydrogens (tertiary/aromatic N) is 3. The summed E-state index contributed by atoms with van der Waals surface area (Å²) in [5.41, 5.74) is 1.53. The second-order valence-corrected chi connectivity index (χ2v) is 8.07. The van der Waals surface area contributed by atoms with E-state index in [1.807, 2.05) is 30.3 Å². The lowest BCUT2D eigenvalue weighted by molar-refractivity contribution is -0.384. The maximum atomic E-state index is 13.7. The summed E-state index contributed by atoms with van der Waals surface area (Å²) in [5, 5.41) is 11.3. The molecular weight excluding hydrogens is 414 g/mol. The van der Waals surface area contributed by atoms with E-state index >= 15 is 0 Å². The van der Waals surface area contributed by atoms with E-state index in [9.17, 15) is 24.5 Å². The third-order valence-electron chi connectivity index (χ3n) is 6.49. The van der Waals surface area contributed by atoms with Crippen LogP contribution in [0, 0.1) is 22.0 Å². The van der Waals surface area contributed by atoms with Gasteiger partial charge in [-0.05, 0) is 30.2 Å². The van der Waals surface area contributed by atoms with E-state index in [0.717, 1.165) is 22.1 Å². The third-order valence-corrected chi connectivity index (χ3v) is 6.49. The van der Waals surface area contributed by atoms with Gasteiger partial charge in [0.05, 0.1) is 36.0 Å². The molecule has 5 rings (SSSR count). The van der Waals surface area contributed by atoms with Crippen molar-refractivity contribution < 1.29 is 24.0 Å². The van der Waals surface area contributed by atoms with E-state index < -0.39 is 40.7 Å². The number of anilines is 1. The van der Waals surface area contributed by atoms with Gasteiger partial charge in [-0.25, -0.2) is 4.90 Å². The Morgan fingerprint density at radius 3 is 2.50 bits per heavy atom. The molecule has 32 heavy (non-hydrogen) atoms. The normalized spacial score (nSPS) is 25.4. The topological polar surface area (TPSA) is 110 Å². The van der Waals surface area contributed by atoms with Crippen LogP contribution in [0.4, 0.5) is 11.4 Å². The maximum Gasteiger partial charge on any atom is 0.271 e. The number of benzene rings is 2. The highest BCUT2D eigenvalue weighted by Gasteiger charge is 2.64. The van der Waals surface area contributed by atoms with E-state index in [-0.39, 0.29) is 22.9 Å². The number of fused-ring (bicyclic) bond motifs is 5. The first-order chi connectivity index (χ1) is 15.3. The number of hydrogen-bond acceptors (Lipinski definition) is 7. The summed E-state index contributed by atoms with van der Waals surface area (Å²) in [6, 6.07) is 10.0. The molecule has 3 heterocycles. The van der Waals surface area contributed by atoms with E-state index in [1.54, 1.807) is 11.1 Å². The molecule has 0 bridgehead atoms. The smallest absolute Gasteiger partial charge is 0.271 e. The molecule has 2 fully saturated rings. The lowest BCUT2D eigenvalue weighted by Gasteiger charge is -2.35. The van der Waals surface area contributed by atoms with Crippen molar-refractivity contribution in [3.05, 3.63) is 69.9 Å². The van der Waals surface area contributed by atoms with E-state index in [4.69, 9.17) is 4.74 Å². The second-order valence-electron chi connectivity index (χ2n) is 8.07. The average molecular weight is 433 g/mol. The van der Waals surface area contributed by atoms with Gasteiger partial charge in [0.25, 0.3) is 5.69 Å². The number of nitro benzene ring substituents is 1. The van der Waals surface area contributed by atoms with Crippen molar-refractivity contribution in [1.82, 2.24) is 4.90 Å². The Labute approximate surface area is 183 Å². The highest BCUT2D eigenvalue weighted by molar-refractivity contribution is 6.24. The van der Waals surface area contributed by atoms with Crippen molar-refractivity contribution in [1.29, 1.82) is 0 Å². The largest absolute Gasteiger partial charge is 0.495 e. The van der Waals surface area contributed by atoms with E-state index in [1.165, 1.54) is 26.2 Å². The number of methoxy groups -OCH3 is 1. The molecule has 3 aliphatic rings. The molecule has 0 saturated carbocycles. The first-order valence-corrected chi connectivity index (χ1v) is 10.1. The minimum Gasteiger partial charge on any atom is -0.495 e. The van der Waals surface area contributed by atoms with E-state index in [2.05, 4.69) is 0 Å². The molecule has 9 heteroatoms. The first-order valence-electron chi connectivity index (χ1n) is 10.1. The van der Waals surface area contributed by atoms with Gasteiger partial charge in [0.2, 0.25) is 11.8 Å². The zero-order chi connectivity index (χ0) is 22.7. The van der Waals surface area contributed by atoms with Crippen LogP contribution in [0.2, 0.25) is 0 Å². The molecule has 0 N–H and O–H groups in total. The molecule has 2 amide bonds. The van der Waals surface area contributed by atoms with Crippen LogP contribution < -0.4 is 9.64 Å². The first kappa shape index (κ1) is 19.9. The summed E-state index contributed by atoms with van der Waals surface area (Å²) < 4.78 is 5.29. The molecule has 9 nitrogen and oxygen atoms in total. The monoisotopic (exact) mass is 433 g/mol. The summed E-state index contributed by atoms with van der Waals surface area (Å²) in [6.45, 7) is 1.41. The van der Waals surface area contributed by atoms with Crippen molar-refractivity contribution in [2.24, 2.45) is 11.8 Å². The van der Waals surface area contributed by atoms with Crippen LogP contribution in [0.1, 0.15) is 24.1 Å². The number of hydrogen-bond donors (Lipinski definition) is 0. The van der Waals surface area contributed by atoms with Crippen LogP contribution in [0.3, 0.4) is 0 Å². The van der Waals surface area contributed by atoms with Gasteiger partial charge in [-0.1, -0.05) is 24.3 Å². The molecule has 2 aromatic carbocycles. The highest BCUT2D eigenvalue weighted by atomic mass is 16.6. The molecule has 0 aliphatic carbocycles. The zero-order valence-electron chi connectivity index (χ0n) is 17.3. The Balaban J connectivity index is 1.66. The fourth-order valence-corrected chi connectivity index (χ4v) is 5.23. The molecule has 4 atom stereocenters. The van der Waals surface area contributed by atoms with Crippen molar-refractivity contribution >= 4 is 35.0 Å². The summed E-state index contributed by atoms with van der Waals surface area (Å²) in [4.78, 5) is 53.4. The summed E-state index contributed by atoms with van der Waals surface area (Å²) in [6.07, 6.45) is 3.65. The van der Waals surface area contributed by atoms with Crippen LogP contribution in [0.25, 0.3) is 6.08 Å². The predicted molar refractivity (Wildman–Crippen MR) is 114 cm³/mol. The maximum absolute atomic E-state index is 13.7. The molecule has 0 spiro atoms. The number of Topliss-reactive ketones (excluding diaryl/α,β-unsaturated/α-hetero) is 1. The number of rotatable bonds is 4. The van der Waals surface area contributed by atoms with Gasteiger partial charge < -0.3 is 9.64 Å². The molecule has 3 aliphatic heterocycles. The Hall–Kier alpha value is -4.01. The van der Waals surface area contributed by atoms with E-state index in [0.29, 0.717) is 0 Å². The molecule has 2 aromatic rings. The van der Waals surface area contributed by atoms with Crippen molar-refractivity contribution in [3.8, 4) is 5.75 Å². The minimum absolute atomic E-state index is 0.0135. The van der Waals surface area contributed by atoms with Crippen LogP contribution in [0.15, 0.2) is 48.7 Å². The molecular formula is C23H19N3O6. The SMILES string of the molecule is COc1ccc([N+](=O)[O-])cc1N1C(=O)[C@@H]2[C@H](C1=O)[C@@H]1c3ccccc3C=CN1[C@H]2C(C)=O. The lowest BCUT2D eigenvalue weighted by Crippen LogP contribution is -2.43. The van der Waals surface area contributed by atoms with Crippen LogP contribution in [0.5, 0.6) is 5.75 Å². The lowest BCUT2D eigenvalue weighted by atomic mass is 9.84. The number of amides is 2. The van der Waals surface area contributed by atoms with Crippen LogP contribution in [-0.4, -0.2) is 40.6 Å². The quantitative estimate of drug-likeness (QED) is 0.414. The Kier molecular flexibility index (Phi) is 4.37. The standard InChI is InChI=1S/C23H19N3O6/c1-12(27)20-18-19(21-15-6-4-3-5-13(15)9-10-24(20)21)23(29)25(22(18)28)16-11-14(26(30)31)7-8-17(16)32-2/h3-11,18-21H,1-2H3/t18-,19+,20+,21+/m1/s1. The molecule has 0 radical (unpaired) electrons. The number of carbonyl (C=O) groups excluding carboxylic acids is 3. The number of nitro groups is 1. The summed E-state index contributed by atoms with van der Waals surface area (Å²) in [7, 11) is 1.36. The Bertz CT molecular complexity index is 1220. The van der Waals surface area contributed by atoms with Crippen molar-refractivity contribution in [3.63, 3.8) is 0 Å². The van der Waals surface area contributed by atoms with Gasteiger partial charge in [0.15, 0.2) is 5.78 Å². The fraction of sp³-hybridized carbons (Fsp3) is 0.261. The Morgan fingerprint density at radius 1 is 1.09 bits per heavy atom. The number of carbonyl (C=O) groups is 3. The van der Waals surface area contributed by atoms with Gasteiger partial charge in [-0.15, -0.1) is 0 Å². The van der Waals surface area contributed by atoms with Gasteiger partial charge in [0.1, 0.15) is 11.4 Å². The van der Waals surface area contributed by atoms with Gasteiger partial charge in [0, 0.05) is 18.3 Å². The number of imide groups is 1. The van der Waals surface area contributed by atoms with Gasteiger partial charge in [-0.2, -0.15) is 0 Å². The van der Waals surface area contributed by atoms with Crippen LogP contribution >= 0.6 is 0 Å². The summed E-state index contributed by atoms with van der Waals surface area (Å²) in [5.74, 6) is -2.81.